The molecule has 2 aromatic rings. The molecule has 1 N–H and O–H groups in total. The number of carbonyl (C=O) groups excluding carboxylic acids is 2. The molecule has 2 amide bonds. The molecule has 0 aliphatic heterocycles. The van der Waals surface area contributed by atoms with Gasteiger partial charge in [-0.1, -0.05) is 45.9 Å². The van der Waals surface area contributed by atoms with Gasteiger partial charge in [-0.15, -0.1) is 0 Å². The SMILES string of the molecule is CCN(CC)C(=O)c1cncc(C(=O)Nc2c(C(C)C)cccc2C(C)C)c1. The highest BCUT2D eigenvalue weighted by Crippen LogP contribution is 2.32. The number of nitrogens with zero attached hydrogens (tertiary/aromatic N) is 2. The third-order valence-corrected chi connectivity index (χ3v) is 4.91. The first kappa shape index (κ1) is 21.6. The van der Waals surface area contributed by atoms with Crippen molar-refractivity contribution in [1.82, 2.24) is 9.88 Å². The highest BCUT2D eigenvalue weighted by atomic mass is 16.2. The maximum atomic E-state index is 13.0. The van der Waals surface area contributed by atoms with Gasteiger partial charge in [0.2, 0.25) is 0 Å². The van der Waals surface area contributed by atoms with Crippen molar-refractivity contribution in [3.63, 3.8) is 0 Å². The Morgan fingerprint density at radius 3 is 2.00 bits per heavy atom. The van der Waals surface area contributed by atoms with E-state index in [2.05, 4.69) is 38.0 Å². The maximum absolute atomic E-state index is 13.0. The summed E-state index contributed by atoms with van der Waals surface area (Å²) in [5.41, 5.74) is 3.87. The molecule has 5 heteroatoms. The van der Waals surface area contributed by atoms with Crippen molar-refractivity contribution >= 4 is 17.5 Å². The second-order valence-electron chi connectivity index (χ2n) is 7.51. The summed E-state index contributed by atoms with van der Waals surface area (Å²) in [5, 5.41) is 3.08. The summed E-state index contributed by atoms with van der Waals surface area (Å²) in [5.74, 6) is 0.194. The second kappa shape index (κ2) is 9.49. The number of rotatable bonds is 7. The standard InChI is InChI=1S/C23H31N3O2/c1-7-26(8-2)23(28)18-12-17(13-24-14-18)22(27)25-21-19(15(3)4)10-9-11-20(21)16(5)6/h9-16H,7-8H2,1-6H3,(H,25,27). The minimum Gasteiger partial charge on any atom is -0.339 e. The van der Waals surface area contributed by atoms with Crippen LogP contribution in [0.4, 0.5) is 5.69 Å². The molecule has 0 spiro atoms. The summed E-state index contributed by atoms with van der Waals surface area (Å²) in [6.45, 7) is 13.5. The molecule has 1 heterocycles. The molecule has 28 heavy (non-hydrogen) atoms. The molecule has 0 radical (unpaired) electrons. The summed E-state index contributed by atoms with van der Waals surface area (Å²) in [4.78, 5) is 31.4. The van der Waals surface area contributed by atoms with Gasteiger partial charge in [0, 0.05) is 31.2 Å². The van der Waals surface area contributed by atoms with Crippen LogP contribution < -0.4 is 5.32 Å². The van der Waals surface area contributed by atoms with Crippen LogP contribution in [0.2, 0.25) is 0 Å². The molecule has 1 aromatic carbocycles. The topological polar surface area (TPSA) is 62.3 Å². The Morgan fingerprint density at radius 1 is 0.964 bits per heavy atom. The van der Waals surface area contributed by atoms with Crippen molar-refractivity contribution in [2.45, 2.75) is 53.4 Å². The number of pyridine rings is 1. The summed E-state index contributed by atoms with van der Waals surface area (Å²) in [6.07, 6.45) is 3.01. The number of anilines is 1. The number of para-hydroxylation sites is 1. The Labute approximate surface area is 168 Å². The van der Waals surface area contributed by atoms with Gasteiger partial charge < -0.3 is 10.2 Å². The Balaban J connectivity index is 2.37. The molecular formula is C23H31N3O2. The molecule has 150 valence electrons. The first-order chi connectivity index (χ1) is 13.3. The molecular weight excluding hydrogens is 350 g/mol. The van der Waals surface area contributed by atoms with Gasteiger partial charge in [0.05, 0.1) is 11.1 Å². The van der Waals surface area contributed by atoms with E-state index in [1.54, 1.807) is 11.0 Å². The van der Waals surface area contributed by atoms with Gasteiger partial charge in [-0.2, -0.15) is 0 Å². The third-order valence-electron chi connectivity index (χ3n) is 4.91. The fourth-order valence-electron chi connectivity index (χ4n) is 3.26. The predicted octanol–water partition coefficient (Wildman–Crippen LogP) is 5.06. The van der Waals surface area contributed by atoms with E-state index in [0.717, 1.165) is 16.8 Å². The molecule has 0 bridgehead atoms. The van der Waals surface area contributed by atoms with Gasteiger partial charge in [-0.05, 0) is 42.9 Å². The molecule has 0 atom stereocenters. The zero-order valence-corrected chi connectivity index (χ0v) is 17.7. The second-order valence-corrected chi connectivity index (χ2v) is 7.51. The van der Waals surface area contributed by atoms with Gasteiger partial charge in [0.15, 0.2) is 0 Å². The predicted molar refractivity (Wildman–Crippen MR) is 114 cm³/mol. The van der Waals surface area contributed by atoms with Gasteiger partial charge in [0.25, 0.3) is 11.8 Å². The van der Waals surface area contributed by atoms with Gasteiger partial charge >= 0.3 is 0 Å². The van der Waals surface area contributed by atoms with Crippen LogP contribution in [-0.4, -0.2) is 34.8 Å². The zero-order chi connectivity index (χ0) is 20.8. The Kier molecular flexibility index (Phi) is 7.32. The number of carbonyl (C=O) groups is 2. The highest BCUT2D eigenvalue weighted by molar-refractivity contribution is 6.06. The van der Waals surface area contributed by atoms with Crippen molar-refractivity contribution < 1.29 is 9.59 Å². The largest absolute Gasteiger partial charge is 0.339 e. The Bertz CT molecular complexity index is 813. The lowest BCUT2D eigenvalue weighted by atomic mass is 9.92. The summed E-state index contributed by atoms with van der Waals surface area (Å²) >= 11 is 0. The molecule has 5 nitrogen and oxygen atoms in total. The van der Waals surface area contributed by atoms with Crippen LogP contribution in [-0.2, 0) is 0 Å². The van der Waals surface area contributed by atoms with Crippen LogP contribution in [0.3, 0.4) is 0 Å². The highest BCUT2D eigenvalue weighted by Gasteiger charge is 2.19. The summed E-state index contributed by atoms with van der Waals surface area (Å²) < 4.78 is 0. The smallest absolute Gasteiger partial charge is 0.257 e. The van der Waals surface area contributed by atoms with E-state index in [1.165, 1.54) is 12.4 Å². The first-order valence-corrected chi connectivity index (χ1v) is 9.98. The van der Waals surface area contributed by atoms with Gasteiger partial charge in [0.1, 0.15) is 0 Å². The molecule has 0 fully saturated rings. The van der Waals surface area contributed by atoms with Crippen LogP contribution in [0.25, 0.3) is 0 Å². The van der Waals surface area contributed by atoms with E-state index in [9.17, 15) is 9.59 Å². The zero-order valence-electron chi connectivity index (χ0n) is 17.7. The van der Waals surface area contributed by atoms with E-state index in [0.29, 0.717) is 24.2 Å². The van der Waals surface area contributed by atoms with Crippen molar-refractivity contribution in [3.8, 4) is 0 Å². The van der Waals surface area contributed by atoms with Crippen molar-refractivity contribution in [1.29, 1.82) is 0 Å². The number of hydrogen-bond acceptors (Lipinski definition) is 3. The lowest BCUT2D eigenvalue weighted by Gasteiger charge is -2.20. The van der Waals surface area contributed by atoms with Crippen LogP contribution in [0.15, 0.2) is 36.7 Å². The lowest BCUT2D eigenvalue weighted by Crippen LogP contribution is -2.30. The van der Waals surface area contributed by atoms with E-state index in [-0.39, 0.29) is 23.7 Å². The minimum atomic E-state index is -0.253. The molecule has 0 saturated carbocycles. The van der Waals surface area contributed by atoms with E-state index in [1.807, 2.05) is 32.0 Å². The molecule has 1 aromatic heterocycles. The average molecular weight is 382 g/mol. The number of benzene rings is 1. The average Bonchev–Trinajstić information content (AvgIpc) is 2.68. The molecule has 0 aliphatic carbocycles. The van der Waals surface area contributed by atoms with Crippen LogP contribution in [0.5, 0.6) is 0 Å². The van der Waals surface area contributed by atoms with E-state index >= 15 is 0 Å². The van der Waals surface area contributed by atoms with Crippen LogP contribution >= 0.6 is 0 Å². The minimum absolute atomic E-state index is 0.113. The number of nitrogens with one attached hydrogen (secondary N) is 1. The van der Waals surface area contributed by atoms with Crippen molar-refractivity contribution in [2.24, 2.45) is 0 Å². The fourth-order valence-corrected chi connectivity index (χ4v) is 3.26. The Hall–Kier alpha value is -2.69. The molecule has 0 saturated heterocycles. The van der Waals surface area contributed by atoms with E-state index < -0.39 is 0 Å². The summed E-state index contributed by atoms with van der Waals surface area (Å²) in [7, 11) is 0. The Morgan fingerprint density at radius 2 is 1.50 bits per heavy atom. The summed E-state index contributed by atoms with van der Waals surface area (Å²) in [6, 6.07) is 7.75. The lowest BCUT2D eigenvalue weighted by molar-refractivity contribution is 0.0772. The molecule has 2 rings (SSSR count). The quantitative estimate of drug-likeness (QED) is 0.729. The normalized spacial score (nSPS) is 11.0. The van der Waals surface area contributed by atoms with Crippen molar-refractivity contribution in [2.75, 3.05) is 18.4 Å². The van der Waals surface area contributed by atoms with E-state index in [4.69, 9.17) is 0 Å². The third kappa shape index (κ3) is 4.77. The molecule has 0 aliphatic rings. The van der Waals surface area contributed by atoms with Gasteiger partial charge in [-0.25, -0.2) is 0 Å². The maximum Gasteiger partial charge on any atom is 0.257 e. The van der Waals surface area contributed by atoms with Crippen LogP contribution in [0, 0.1) is 0 Å². The number of amides is 2. The van der Waals surface area contributed by atoms with Crippen LogP contribution in [0.1, 0.15) is 85.2 Å². The number of aromatic nitrogens is 1. The monoisotopic (exact) mass is 381 g/mol. The number of hydrogen-bond donors (Lipinski definition) is 1. The van der Waals surface area contributed by atoms with Crippen molar-refractivity contribution in [3.05, 3.63) is 58.9 Å². The van der Waals surface area contributed by atoms with Gasteiger partial charge in [-0.3, -0.25) is 14.6 Å². The first-order valence-electron chi connectivity index (χ1n) is 9.98. The molecule has 0 unspecified atom stereocenters. The fraction of sp³-hybridized carbons (Fsp3) is 0.435.